The largest absolute Gasteiger partial charge is 2.00 e. The van der Waals surface area contributed by atoms with Gasteiger partial charge in [-0.25, -0.2) is 33.8 Å². The number of aryl methyl sites for hydroxylation is 6. The first-order chi connectivity index (χ1) is 45.1. The van der Waals surface area contributed by atoms with E-state index in [1.54, 1.807) is 71.7 Å². The number of carbonyl (C=O) groups excluding carboxylic acids is 9. The minimum Gasteiger partial charge on any atom is -1.00 e. The molecular formula is C63H111BrLiMgN17O19. The van der Waals surface area contributed by atoms with Gasteiger partial charge in [0, 0.05) is 54.7 Å². The molecule has 15 N–H and O–H groups in total. The maximum atomic E-state index is 12.0. The molecule has 6 rings (SSSR count). The van der Waals surface area contributed by atoms with Crippen LogP contribution in [0.4, 0.5) is 4.79 Å². The van der Waals surface area contributed by atoms with Crippen molar-refractivity contribution in [2.24, 2.45) is 11.7 Å². The van der Waals surface area contributed by atoms with E-state index >= 15 is 0 Å². The Labute approximate surface area is 636 Å². The number of carboxylic acids is 1. The Morgan fingerprint density at radius 2 is 0.941 bits per heavy atom. The van der Waals surface area contributed by atoms with Crippen LogP contribution < -0.4 is 52.8 Å². The van der Waals surface area contributed by atoms with E-state index in [4.69, 9.17) is 19.4 Å². The molecule has 0 bridgehead atoms. The van der Waals surface area contributed by atoms with Gasteiger partial charge in [-0.3, -0.25) is 66.3 Å². The van der Waals surface area contributed by atoms with Crippen molar-refractivity contribution in [2.45, 2.75) is 175 Å². The second-order valence-corrected chi connectivity index (χ2v) is 20.2. The van der Waals surface area contributed by atoms with Crippen molar-refractivity contribution in [2.75, 3.05) is 54.7 Å². The minimum absolute atomic E-state index is 0. The van der Waals surface area contributed by atoms with Gasteiger partial charge >= 0.3 is 77.9 Å². The summed E-state index contributed by atoms with van der Waals surface area (Å²) in [5.74, 6) is 2.56. The summed E-state index contributed by atoms with van der Waals surface area (Å²) in [5, 5.41) is 52.2. The molecule has 6 aromatic rings. The molecule has 6 aromatic heterocycles. The number of nitrogens with zero attached hydrogens (tertiary/aromatic N) is 8. The minimum atomic E-state index is -1.00. The Kier molecular flexibility index (Phi) is 74.8. The number of hydrogen-bond acceptors (Lipinski definition) is 26. The van der Waals surface area contributed by atoms with E-state index < -0.39 is 35.3 Å². The van der Waals surface area contributed by atoms with Gasteiger partial charge in [0.15, 0.2) is 22.9 Å². The number of nitrogens with two attached hydrogens (primary N) is 2. The van der Waals surface area contributed by atoms with Crippen LogP contribution in [-0.4, -0.2) is 230 Å². The Bertz CT molecular complexity index is 3200. The summed E-state index contributed by atoms with van der Waals surface area (Å²) >= 11 is 0. The van der Waals surface area contributed by atoms with E-state index in [1.807, 2.05) is 82.4 Å². The third-order valence-corrected chi connectivity index (χ3v) is 11.0. The number of ketones is 3. The molecule has 0 aliphatic carbocycles. The number of ether oxygens (including phenoxy) is 5. The van der Waals surface area contributed by atoms with Crippen molar-refractivity contribution < 1.29 is 128 Å². The molecule has 2 amide bonds. The number of aromatic nitrogens is 12. The fourth-order valence-electron chi connectivity index (χ4n) is 6.59. The third-order valence-electron chi connectivity index (χ3n) is 11.0. The molecule has 0 aliphatic heterocycles. The monoisotopic (exact) mass is 1520 g/mol. The predicted octanol–water partition coefficient (Wildman–Crippen LogP) is 0.530. The van der Waals surface area contributed by atoms with E-state index in [1.165, 1.54) is 27.1 Å². The van der Waals surface area contributed by atoms with Crippen LogP contribution in [-0.2, 0) is 52.5 Å². The second kappa shape index (κ2) is 66.2. The van der Waals surface area contributed by atoms with Gasteiger partial charge in [-0.2, -0.15) is 37.5 Å². The second-order valence-electron chi connectivity index (χ2n) is 20.2. The molecule has 0 fully saturated rings. The summed E-state index contributed by atoms with van der Waals surface area (Å²) in [6.45, 7) is 36.6. The number of H-pyrrole nitrogens is 6. The Morgan fingerprint density at radius 1 is 0.588 bits per heavy atom. The number of hydrogen-bond donors (Lipinski definition) is 10. The van der Waals surface area contributed by atoms with Crippen molar-refractivity contribution in [1.82, 2.24) is 76.5 Å². The third kappa shape index (κ3) is 52.0. The zero-order chi connectivity index (χ0) is 74.8. The summed E-state index contributed by atoms with van der Waals surface area (Å²) < 4.78 is 23.1. The van der Waals surface area contributed by atoms with Crippen LogP contribution in [0.15, 0.2) is 36.4 Å². The van der Waals surface area contributed by atoms with Gasteiger partial charge in [-0.05, 0) is 153 Å². The van der Waals surface area contributed by atoms with Crippen LogP contribution in [0.1, 0.15) is 216 Å². The van der Waals surface area contributed by atoms with E-state index in [0.717, 1.165) is 63.5 Å². The van der Waals surface area contributed by atoms with Gasteiger partial charge in [-0.1, -0.05) is 28.2 Å². The van der Waals surface area contributed by atoms with Gasteiger partial charge in [0.1, 0.15) is 17.1 Å². The number of hydrazine groups is 1. The first-order valence-corrected chi connectivity index (χ1v) is 30.2. The average Bonchev–Trinajstić information content (AvgIpc) is 1.55. The number of aromatic amines is 6. The topological polar surface area (TPSA) is 550 Å². The fraction of sp³-hybridized carbons (Fsp3) is 0.540. The molecule has 2 unspecified atom stereocenters. The van der Waals surface area contributed by atoms with Crippen molar-refractivity contribution in [3.05, 3.63) is 112 Å². The maximum Gasteiger partial charge on any atom is 2.00 e. The Hall–Kier alpha value is -8.04. The smallest absolute Gasteiger partial charge is 1.00 e. The standard InChI is InChI=1S/C13H23N3O2.C8H15N3.C7H11N3O2.C7H10N2O2.C7H10N2O.C7H10O4.C6H10O4.C5H6N2O2.C2H5.CH4.BrH.Li.Mg.H4N2.2H2O/c1-7-11(10-8-9(2)14-15-10)16(6)12(17)18-13(3,4)5;1-4-7(9-3)8-5-6(2)10-11-8;1-5-4-6(9-8-5)7(11)10(2)12-3;1-3-11-7(10)6-4-5(2)8-9-6;1-3-7(10)6-4-5(2)8-9-6;1-3-11-7(10)6(9)4-5(2)8;1-3-9-5(7)6(8)10-4-2;1-3-2-4(5(8)9)7-6-3;1-2;;;;;1-2;;/h8,11H,7H2,1-6H3,(H,14,15);5,7,9H,4H2,1-3H3,(H,10,11);4H,1-3H3,(H,8,9);4H,3H2,1-2H3,(H,8,9);4H,3H2,1-2H3,(H,8,9);3-4H2,1-2H3;3-4H2,1-2H3;2H,1H3,(H,6,7)(H,8,9);1H2,2H3;1H4;1H;;;1-2H2;2*1H2/q;;;;;;;;-1;;;+1;+2;;;/p-2. The summed E-state index contributed by atoms with van der Waals surface area (Å²) in [5.41, 5.74) is 8.28. The van der Waals surface area contributed by atoms with Crippen LogP contribution in [0.3, 0.4) is 0 Å². The number of halogens is 1. The van der Waals surface area contributed by atoms with Crippen molar-refractivity contribution in [3.63, 3.8) is 0 Å². The van der Waals surface area contributed by atoms with Crippen molar-refractivity contribution >= 4 is 82.2 Å². The molecule has 0 saturated carbocycles. The quantitative estimate of drug-likeness (QED) is 0.00608. The molecule has 0 radical (unpaired) electrons. The molecule has 39 heteroatoms. The van der Waals surface area contributed by atoms with Crippen LogP contribution in [0, 0.1) is 48.5 Å². The molecule has 102 heavy (non-hydrogen) atoms. The number of carboxylic acid groups (broad SMARTS) is 1. The fourth-order valence-corrected chi connectivity index (χ4v) is 6.59. The SMILES string of the molecule is C.CCC(=O)c1cc(C)[nH]n1.CCC(NC)c1cc(C)[nH]n1.CCC(c1cc(C)[nH]n1)N(C)C(=O)OC(C)(C)C.CCOC(=O)C(=O)CC(C)=O.CCOC(=O)C(=O)OCC.CCOC(=O)c1cc(C)[nH]n1.CON(C)C(=O)c1cc(C)[nH]n1.Cc1cc(C(=O)O)n[nH]1.NN.O.[Br-].[CH2-]C.[Li+].[Mg+2].[OH-]. The molecule has 0 aliphatic rings. The number of rotatable bonds is 19. The summed E-state index contributed by atoms with van der Waals surface area (Å²) in [7, 11) is 6.66. The number of carbonyl (C=O) groups is 10. The van der Waals surface area contributed by atoms with E-state index in [9.17, 15) is 47.9 Å². The van der Waals surface area contributed by atoms with E-state index in [0.29, 0.717) is 36.2 Å². The molecule has 36 nitrogen and oxygen atoms in total. The van der Waals surface area contributed by atoms with Crippen molar-refractivity contribution in [1.29, 1.82) is 0 Å². The van der Waals surface area contributed by atoms with Crippen LogP contribution in [0.2, 0.25) is 0 Å². The van der Waals surface area contributed by atoms with Crippen LogP contribution in [0.5, 0.6) is 0 Å². The van der Waals surface area contributed by atoms with Gasteiger partial charge in [0.2, 0.25) is 5.78 Å². The zero-order valence-electron chi connectivity index (χ0n) is 62.7. The molecule has 2 atom stereocenters. The number of aromatic carboxylic acids is 1. The normalized spacial score (nSPS) is 9.70. The number of amides is 2. The van der Waals surface area contributed by atoms with Gasteiger partial charge in [0.05, 0.1) is 63.4 Å². The summed E-state index contributed by atoms with van der Waals surface area (Å²) in [6, 6.07) is 10.9. The van der Waals surface area contributed by atoms with Gasteiger partial charge < -0.3 is 73.9 Å². The predicted molar refractivity (Wildman–Crippen MR) is 373 cm³/mol. The van der Waals surface area contributed by atoms with Crippen LogP contribution in [0.25, 0.3) is 0 Å². The molecule has 572 valence electrons. The summed E-state index contributed by atoms with van der Waals surface area (Å²) in [6.07, 6.45) is 1.69. The number of esters is 4. The molecule has 6 heterocycles. The van der Waals surface area contributed by atoms with Gasteiger partial charge in [0.25, 0.3) is 5.91 Å². The molecular weight excluding hydrogens is 1410 g/mol. The Morgan fingerprint density at radius 3 is 1.23 bits per heavy atom. The van der Waals surface area contributed by atoms with E-state index in [2.05, 4.69) is 112 Å². The molecule has 0 saturated heterocycles. The zero-order valence-corrected chi connectivity index (χ0v) is 65.7. The molecule has 0 spiro atoms. The number of Topliss-reactive ketones (excluding diaryl/α,β-unsaturated/α-hetero) is 3. The Balaban J connectivity index is -0.000000118. The number of nitrogens with one attached hydrogen (secondary N) is 7. The van der Waals surface area contributed by atoms with Gasteiger partial charge in [-0.15, -0.1) is 0 Å². The van der Waals surface area contributed by atoms with E-state index in [-0.39, 0.29) is 145 Å². The molecule has 0 aromatic carbocycles. The van der Waals surface area contributed by atoms with Crippen LogP contribution >= 0.6 is 0 Å². The average molecular weight is 1520 g/mol. The van der Waals surface area contributed by atoms with Crippen molar-refractivity contribution in [3.8, 4) is 0 Å². The maximum absolute atomic E-state index is 12.0. The summed E-state index contributed by atoms with van der Waals surface area (Å²) in [4.78, 5) is 114. The number of hydroxylamine groups is 2. The first-order valence-electron chi connectivity index (χ1n) is 30.2. The first kappa shape index (κ1) is 115.